The SMILES string of the molecule is CC(N[C@@H]1CCC[C@H]1O)c1ccncc1. The summed E-state index contributed by atoms with van der Waals surface area (Å²) in [5.74, 6) is 0. The Morgan fingerprint density at radius 1 is 1.40 bits per heavy atom. The molecule has 0 radical (unpaired) electrons. The Hall–Kier alpha value is -0.930. The van der Waals surface area contributed by atoms with Crippen molar-refractivity contribution in [2.24, 2.45) is 0 Å². The second kappa shape index (κ2) is 4.73. The van der Waals surface area contributed by atoms with Crippen molar-refractivity contribution in [3.63, 3.8) is 0 Å². The minimum atomic E-state index is -0.172. The van der Waals surface area contributed by atoms with Crippen LogP contribution in [-0.4, -0.2) is 22.2 Å². The summed E-state index contributed by atoms with van der Waals surface area (Å²) in [6.07, 6.45) is 6.57. The lowest BCUT2D eigenvalue weighted by Gasteiger charge is -2.22. The Morgan fingerprint density at radius 3 is 2.73 bits per heavy atom. The lowest BCUT2D eigenvalue weighted by molar-refractivity contribution is 0.144. The Bertz CT molecular complexity index is 302. The highest BCUT2D eigenvalue weighted by atomic mass is 16.3. The number of hydrogen-bond donors (Lipinski definition) is 2. The smallest absolute Gasteiger partial charge is 0.0693 e. The molecule has 1 unspecified atom stereocenters. The topological polar surface area (TPSA) is 45.1 Å². The molecule has 2 N–H and O–H groups in total. The van der Waals surface area contributed by atoms with Gasteiger partial charge in [-0.1, -0.05) is 0 Å². The van der Waals surface area contributed by atoms with Crippen molar-refractivity contribution < 1.29 is 5.11 Å². The minimum Gasteiger partial charge on any atom is -0.392 e. The molecule has 0 amide bonds. The third-order valence-electron chi connectivity index (χ3n) is 3.15. The monoisotopic (exact) mass is 206 g/mol. The number of aliphatic hydroxyl groups is 1. The summed E-state index contributed by atoms with van der Waals surface area (Å²) in [7, 11) is 0. The molecule has 1 aromatic rings. The fraction of sp³-hybridized carbons (Fsp3) is 0.583. The lowest BCUT2D eigenvalue weighted by atomic mass is 10.1. The van der Waals surface area contributed by atoms with E-state index in [1.807, 2.05) is 12.1 Å². The fourth-order valence-electron chi connectivity index (χ4n) is 2.20. The van der Waals surface area contributed by atoms with Crippen molar-refractivity contribution in [2.75, 3.05) is 0 Å². The maximum absolute atomic E-state index is 9.71. The first kappa shape index (κ1) is 10.6. The standard InChI is InChI=1S/C12H18N2O/c1-9(10-5-7-13-8-6-10)14-11-3-2-4-12(11)15/h5-9,11-12,14-15H,2-4H2,1H3/t9?,11-,12-/m1/s1. The normalized spacial score (nSPS) is 27.9. The quantitative estimate of drug-likeness (QED) is 0.790. The molecule has 1 fully saturated rings. The van der Waals surface area contributed by atoms with Crippen molar-refractivity contribution in [1.82, 2.24) is 10.3 Å². The third kappa shape index (κ3) is 2.55. The molecule has 82 valence electrons. The molecule has 1 aliphatic carbocycles. The van der Waals surface area contributed by atoms with E-state index in [4.69, 9.17) is 0 Å². The first-order chi connectivity index (χ1) is 7.27. The van der Waals surface area contributed by atoms with Gasteiger partial charge in [0.2, 0.25) is 0 Å². The van der Waals surface area contributed by atoms with Crippen LogP contribution >= 0.6 is 0 Å². The van der Waals surface area contributed by atoms with Crippen LogP contribution in [0.3, 0.4) is 0 Å². The molecule has 1 saturated carbocycles. The minimum absolute atomic E-state index is 0.172. The molecule has 15 heavy (non-hydrogen) atoms. The summed E-state index contributed by atoms with van der Waals surface area (Å²) in [6.45, 7) is 2.13. The molecular formula is C12H18N2O. The van der Waals surface area contributed by atoms with Gasteiger partial charge in [0.1, 0.15) is 0 Å². The van der Waals surface area contributed by atoms with E-state index in [2.05, 4.69) is 17.2 Å². The average molecular weight is 206 g/mol. The van der Waals surface area contributed by atoms with Gasteiger partial charge in [0.25, 0.3) is 0 Å². The summed E-state index contributed by atoms with van der Waals surface area (Å²) in [5, 5.41) is 13.2. The lowest BCUT2D eigenvalue weighted by Crippen LogP contribution is -2.37. The molecule has 1 aliphatic rings. The first-order valence-corrected chi connectivity index (χ1v) is 5.61. The van der Waals surface area contributed by atoms with Crippen molar-refractivity contribution in [1.29, 1.82) is 0 Å². The van der Waals surface area contributed by atoms with Crippen LogP contribution in [0.4, 0.5) is 0 Å². The van der Waals surface area contributed by atoms with Crippen molar-refractivity contribution in [2.45, 2.75) is 44.4 Å². The second-order valence-electron chi connectivity index (χ2n) is 4.27. The van der Waals surface area contributed by atoms with E-state index < -0.39 is 0 Å². The van der Waals surface area contributed by atoms with E-state index in [1.54, 1.807) is 12.4 Å². The van der Waals surface area contributed by atoms with Gasteiger partial charge in [0.05, 0.1) is 6.10 Å². The van der Waals surface area contributed by atoms with Gasteiger partial charge in [-0.15, -0.1) is 0 Å². The van der Waals surface area contributed by atoms with Gasteiger partial charge in [0.15, 0.2) is 0 Å². The van der Waals surface area contributed by atoms with Crippen LogP contribution in [0.15, 0.2) is 24.5 Å². The molecule has 0 spiro atoms. The van der Waals surface area contributed by atoms with Gasteiger partial charge in [0, 0.05) is 24.5 Å². The van der Waals surface area contributed by atoms with Crippen LogP contribution in [0, 0.1) is 0 Å². The zero-order valence-corrected chi connectivity index (χ0v) is 9.06. The molecule has 0 saturated heterocycles. The number of hydrogen-bond acceptors (Lipinski definition) is 3. The molecule has 3 atom stereocenters. The van der Waals surface area contributed by atoms with Gasteiger partial charge < -0.3 is 10.4 Å². The van der Waals surface area contributed by atoms with Crippen molar-refractivity contribution in [3.05, 3.63) is 30.1 Å². The second-order valence-corrected chi connectivity index (χ2v) is 4.27. The van der Waals surface area contributed by atoms with E-state index in [-0.39, 0.29) is 18.2 Å². The van der Waals surface area contributed by atoms with Crippen LogP contribution < -0.4 is 5.32 Å². The average Bonchev–Trinajstić information content (AvgIpc) is 2.66. The zero-order valence-electron chi connectivity index (χ0n) is 9.06. The Kier molecular flexibility index (Phi) is 3.34. The molecule has 3 nitrogen and oxygen atoms in total. The highest BCUT2D eigenvalue weighted by Gasteiger charge is 2.26. The van der Waals surface area contributed by atoms with Gasteiger partial charge in [-0.05, 0) is 43.9 Å². The van der Waals surface area contributed by atoms with Crippen molar-refractivity contribution >= 4 is 0 Å². The van der Waals surface area contributed by atoms with Crippen LogP contribution in [0.1, 0.15) is 37.8 Å². The third-order valence-corrected chi connectivity index (χ3v) is 3.15. The molecule has 1 aromatic heterocycles. The molecule has 2 rings (SSSR count). The van der Waals surface area contributed by atoms with Crippen LogP contribution in [-0.2, 0) is 0 Å². The van der Waals surface area contributed by atoms with Crippen LogP contribution in [0.5, 0.6) is 0 Å². The number of aromatic nitrogens is 1. The first-order valence-electron chi connectivity index (χ1n) is 5.61. The van der Waals surface area contributed by atoms with E-state index in [0.717, 1.165) is 19.3 Å². The zero-order chi connectivity index (χ0) is 10.7. The summed E-state index contributed by atoms with van der Waals surface area (Å²) < 4.78 is 0. The van der Waals surface area contributed by atoms with Crippen LogP contribution in [0.25, 0.3) is 0 Å². The number of nitrogens with zero attached hydrogens (tertiary/aromatic N) is 1. The molecule has 0 aromatic carbocycles. The van der Waals surface area contributed by atoms with E-state index in [1.165, 1.54) is 5.56 Å². The summed E-state index contributed by atoms with van der Waals surface area (Å²) in [4.78, 5) is 4.00. The number of rotatable bonds is 3. The predicted molar refractivity (Wildman–Crippen MR) is 59.4 cm³/mol. The highest BCUT2D eigenvalue weighted by molar-refractivity contribution is 5.14. The van der Waals surface area contributed by atoms with Gasteiger partial charge in [-0.2, -0.15) is 0 Å². The summed E-state index contributed by atoms with van der Waals surface area (Å²) in [6, 6.07) is 4.57. The van der Waals surface area contributed by atoms with E-state index in [0.29, 0.717) is 0 Å². The predicted octanol–water partition coefficient (Wildman–Crippen LogP) is 1.65. The van der Waals surface area contributed by atoms with Gasteiger partial charge in [-0.3, -0.25) is 4.98 Å². The summed E-state index contributed by atoms with van der Waals surface area (Å²) >= 11 is 0. The number of pyridine rings is 1. The largest absolute Gasteiger partial charge is 0.392 e. The van der Waals surface area contributed by atoms with Crippen LogP contribution in [0.2, 0.25) is 0 Å². The maximum Gasteiger partial charge on any atom is 0.0693 e. The molecule has 0 aliphatic heterocycles. The Morgan fingerprint density at radius 2 is 2.13 bits per heavy atom. The summed E-state index contributed by atoms with van der Waals surface area (Å²) in [5.41, 5.74) is 1.23. The van der Waals surface area contributed by atoms with E-state index >= 15 is 0 Å². The molecule has 1 heterocycles. The molecule has 0 bridgehead atoms. The van der Waals surface area contributed by atoms with Gasteiger partial charge in [-0.25, -0.2) is 0 Å². The van der Waals surface area contributed by atoms with Crippen molar-refractivity contribution in [3.8, 4) is 0 Å². The Balaban J connectivity index is 1.95. The fourth-order valence-corrected chi connectivity index (χ4v) is 2.20. The number of aliphatic hydroxyl groups excluding tert-OH is 1. The van der Waals surface area contributed by atoms with E-state index in [9.17, 15) is 5.11 Å². The maximum atomic E-state index is 9.71. The molecular weight excluding hydrogens is 188 g/mol. The van der Waals surface area contributed by atoms with Gasteiger partial charge >= 0.3 is 0 Å². The molecule has 3 heteroatoms. The highest BCUT2D eigenvalue weighted by Crippen LogP contribution is 2.22. The number of nitrogens with one attached hydrogen (secondary N) is 1. The Labute approximate surface area is 90.5 Å².